The second-order valence-corrected chi connectivity index (χ2v) is 7.29. The molecule has 0 fully saturated rings. The first-order valence-corrected chi connectivity index (χ1v) is 8.34. The van der Waals surface area contributed by atoms with Gasteiger partial charge in [-0.25, -0.2) is 0 Å². The molecule has 4 nitrogen and oxygen atoms in total. The van der Waals surface area contributed by atoms with Crippen LogP contribution in [0.2, 0.25) is 5.02 Å². The number of carbonyl (C=O) groups is 1. The molecule has 1 amide bonds. The van der Waals surface area contributed by atoms with E-state index in [9.17, 15) is 4.79 Å². The van der Waals surface area contributed by atoms with Crippen molar-refractivity contribution in [2.45, 2.75) is 26.2 Å². The third kappa shape index (κ3) is 3.49. The molecule has 2 aromatic carbocycles. The zero-order valence-electron chi connectivity index (χ0n) is 14.1. The first-order chi connectivity index (χ1) is 11.3. The van der Waals surface area contributed by atoms with Gasteiger partial charge in [-0.15, -0.1) is 0 Å². The van der Waals surface area contributed by atoms with Crippen LogP contribution >= 0.6 is 11.6 Å². The number of anilines is 2. The van der Waals surface area contributed by atoms with E-state index in [-0.39, 0.29) is 11.3 Å². The van der Waals surface area contributed by atoms with Gasteiger partial charge < -0.3 is 15.4 Å². The third-order valence-corrected chi connectivity index (χ3v) is 4.31. The molecule has 126 valence electrons. The van der Waals surface area contributed by atoms with E-state index in [4.69, 9.17) is 16.3 Å². The van der Waals surface area contributed by atoms with Crippen LogP contribution in [0.4, 0.5) is 11.4 Å². The highest BCUT2D eigenvalue weighted by molar-refractivity contribution is 6.34. The normalized spacial score (nSPS) is 13.5. The lowest BCUT2D eigenvalue weighted by Gasteiger charge is -2.20. The van der Waals surface area contributed by atoms with Crippen molar-refractivity contribution in [3.8, 4) is 5.75 Å². The Morgan fingerprint density at radius 3 is 2.71 bits per heavy atom. The van der Waals surface area contributed by atoms with Crippen LogP contribution in [0, 0.1) is 0 Å². The van der Waals surface area contributed by atoms with Crippen LogP contribution in [-0.4, -0.2) is 19.1 Å². The number of amides is 1. The van der Waals surface area contributed by atoms with Gasteiger partial charge in [-0.1, -0.05) is 38.4 Å². The van der Waals surface area contributed by atoms with Crippen LogP contribution in [0.1, 0.15) is 36.7 Å². The smallest absolute Gasteiger partial charge is 0.257 e. The molecule has 0 spiro atoms. The number of nitrogens with one attached hydrogen (secondary N) is 2. The highest BCUT2D eigenvalue weighted by Crippen LogP contribution is 2.31. The number of ether oxygens (including phenoxy) is 1. The second kappa shape index (κ2) is 6.36. The Morgan fingerprint density at radius 1 is 1.21 bits per heavy atom. The van der Waals surface area contributed by atoms with Crippen molar-refractivity contribution < 1.29 is 9.53 Å². The predicted molar refractivity (Wildman–Crippen MR) is 98.5 cm³/mol. The Labute approximate surface area is 147 Å². The van der Waals surface area contributed by atoms with E-state index < -0.39 is 0 Å². The van der Waals surface area contributed by atoms with E-state index in [1.165, 1.54) is 0 Å². The summed E-state index contributed by atoms with van der Waals surface area (Å²) in [6.07, 6.45) is 0. The Morgan fingerprint density at radius 2 is 2.00 bits per heavy atom. The van der Waals surface area contributed by atoms with Crippen molar-refractivity contribution in [1.82, 2.24) is 0 Å². The standard InChI is InChI=1S/C19H21ClN2O2/c1-19(2,3)12-4-6-14(15(20)10-12)18(23)22-13-5-7-16-17(11-13)24-9-8-21-16/h4-7,10-11,21H,8-9H2,1-3H3,(H,22,23). The summed E-state index contributed by atoms with van der Waals surface area (Å²) in [7, 11) is 0. The number of benzene rings is 2. The van der Waals surface area contributed by atoms with Gasteiger partial charge in [0, 0.05) is 18.3 Å². The molecule has 2 aromatic rings. The fourth-order valence-corrected chi connectivity index (χ4v) is 2.84. The van der Waals surface area contributed by atoms with Gasteiger partial charge in [0.25, 0.3) is 5.91 Å². The molecule has 2 N–H and O–H groups in total. The van der Waals surface area contributed by atoms with Gasteiger partial charge in [-0.2, -0.15) is 0 Å². The maximum Gasteiger partial charge on any atom is 0.257 e. The lowest BCUT2D eigenvalue weighted by Crippen LogP contribution is -2.19. The molecule has 1 aliphatic heterocycles. The lowest BCUT2D eigenvalue weighted by molar-refractivity contribution is 0.102. The summed E-state index contributed by atoms with van der Waals surface area (Å²) in [5, 5.41) is 6.58. The van der Waals surface area contributed by atoms with Crippen LogP contribution in [0.25, 0.3) is 0 Å². The fraction of sp³-hybridized carbons (Fsp3) is 0.316. The minimum Gasteiger partial charge on any atom is -0.490 e. The molecular weight excluding hydrogens is 324 g/mol. The maximum absolute atomic E-state index is 12.5. The summed E-state index contributed by atoms with van der Waals surface area (Å²) < 4.78 is 5.59. The van der Waals surface area contributed by atoms with Crippen molar-refractivity contribution >= 4 is 28.9 Å². The van der Waals surface area contributed by atoms with Crippen molar-refractivity contribution in [1.29, 1.82) is 0 Å². The van der Waals surface area contributed by atoms with Crippen LogP contribution in [-0.2, 0) is 5.41 Å². The monoisotopic (exact) mass is 344 g/mol. The molecule has 0 radical (unpaired) electrons. The van der Waals surface area contributed by atoms with Crippen LogP contribution in [0.15, 0.2) is 36.4 Å². The van der Waals surface area contributed by atoms with Crippen LogP contribution in [0.5, 0.6) is 5.75 Å². The van der Waals surface area contributed by atoms with Crippen LogP contribution < -0.4 is 15.4 Å². The molecule has 1 aliphatic rings. The van der Waals surface area contributed by atoms with Crippen molar-refractivity contribution in [2.24, 2.45) is 0 Å². The van der Waals surface area contributed by atoms with Gasteiger partial charge >= 0.3 is 0 Å². The summed E-state index contributed by atoms with van der Waals surface area (Å²) in [5.41, 5.74) is 3.16. The number of halogens is 1. The van der Waals surface area contributed by atoms with Crippen molar-refractivity contribution in [3.63, 3.8) is 0 Å². The highest BCUT2D eigenvalue weighted by atomic mass is 35.5. The topological polar surface area (TPSA) is 50.4 Å². The fourth-order valence-electron chi connectivity index (χ4n) is 2.58. The summed E-state index contributed by atoms with van der Waals surface area (Å²) in [6.45, 7) is 7.73. The minimum absolute atomic E-state index is 0.0124. The zero-order chi connectivity index (χ0) is 17.3. The summed E-state index contributed by atoms with van der Waals surface area (Å²) >= 11 is 6.32. The quantitative estimate of drug-likeness (QED) is 0.830. The Hall–Kier alpha value is -2.20. The Balaban J connectivity index is 1.80. The number of hydrogen-bond acceptors (Lipinski definition) is 3. The third-order valence-electron chi connectivity index (χ3n) is 3.99. The lowest BCUT2D eigenvalue weighted by atomic mass is 9.86. The molecule has 0 saturated carbocycles. The molecule has 1 heterocycles. The molecule has 0 saturated heterocycles. The first-order valence-electron chi connectivity index (χ1n) is 7.97. The Kier molecular flexibility index (Phi) is 4.41. The number of fused-ring (bicyclic) bond motifs is 1. The molecule has 3 rings (SSSR count). The summed E-state index contributed by atoms with van der Waals surface area (Å²) in [6, 6.07) is 11.1. The molecule has 0 atom stereocenters. The molecule has 5 heteroatoms. The van der Waals surface area contributed by atoms with Gasteiger partial charge in [0.15, 0.2) is 0 Å². The van der Waals surface area contributed by atoms with E-state index in [1.54, 1.807) is 6.07 Å². The predicted octanol–water partition coefficient (Wildman–Crippen LogP) is 4.69. The van der Waals surface area contributed by atoms with Gasteiger partial charge in [0.05, 0.1) is 16.3 Å². The average molecular weight is 345 g/mol. The minimum atomic E-state index is -0.232. The van der Waals surface area contributed by atoms with E-state index in [0.29, 0.717) is 22.9 Å². The average Bonchev–Trinajstić information content (AvgIpc) is 2.53. The van der Waals surface area contributed by atoms with Gasteiger partial charge in [-0.3, -0.25) is 4.79 Å². The molecular formula is C19H21ClN2O2. The highest BCUT2D eigenvalue weighted by Gasteiger charge is 2.18. The van der Waals surface area contributed by atoms with E-state index >= 15 is 0 Å². The number of hydrogen-bond donors (Lipinski definition) is 2. The van der Waals surface area contributed by atoms with E-state index in [1.807, 2.05) is 30.3 Å². The van der Waals surface area contributed by atoms with E-state index in [2.05, 4.69) is 31.4 Å². The largest absolute Gasteiger partial charge is 0.490 e. The van der Waals surface area contributed by atoms with Gasteiger partial charge in [0.1, 0.15) is 12.4 Å². The summed E-state index contributed by atoms with van der Waals surface area (Å²) in [4.78, 5) is 12.5. The molecule has 0 bridgehead atoms. The van der Waals surface area contributed by atoms with Crippen LogP contribution in [0.3, 0.4) is 0 Å². The molecule has 0 unspecified atom stereocenters. The molecule has 24 heavy (non-hydrogen) atoms. The zero-order valence-corrected chi connectivity index (χ0v) is 14.8. The van der Waals surface area contributed by atoms with Gasteiger partial charge in [-0.05, 0) is 35.2 Å². The molecule has 0 aromatic heterocycles. The summed E-state index contributed by atoms with van der Waals surface area (Å²) in [5.74, 6) is 0.511. The SMILES string of the molecule is CC(C)(C)c1ccc(C(=O)Nc2ccc3c(c2)OCCN3)c(Cl)c1. The Bertz CT molecular complexity index is 781. The maximum atomic E-state index is 12.5. The number of rotatable bonds is 2. The molecule has 0 aliphatic carbocycles. The first kappa shape index (κ1) is 16.7. The number of carbonyl (C=O) groups excluding carboxylic acids is 1. The second-order valence-electron chi connectivity index (χ2n) is 6.88. The van der Waals surface area contributed by atoms with Crippen molar-refractivity contribution in [2.75, 3.05) is 23.8 Å². The van der Waals surface area contributed by atoms with Gasteiger partial charge in [0.2, 0.25) is 0 Å². The van der Waals surface area contributed by atoms with Crippen molar-refractivity contribution in [3.05, 3.63) is 52.5 Å². The van der Waals surface area contributed by atoms with E-state index in [0.717, 1.165) is 23.5 Å².